The maximum atomic E-state index is 11.8. The highest BCUT2D eigenvalue weighted by molar-refractivity contribution is 5.93. The third-order valence-corrected chi connectivity index (χ3v) is 2.55. The molecule has 1 aromatic rings. The van der Waals surface area contributed by atoms with E-state index >= 15 is 0 Å². The summed E-state index contributed by atoms with van der Waals surface area (Å²) in [4.78, 5) is 11.8. The quantitative estimate of drug-likeness (QED) is 0.752. The average molecular weight is 252 g/mol. The summed E-state index contributed by atoms with van der Waals surface area (Å²) in [5.74, 6) is -0.0659. The molecule has 0 aromatic carbocycles. The first-order valence-electron chi connectivity index (χ1n) is 6.49. The highest BCUT2D eigenvalue weighted by Crippen LogP contribution is 2.12. The van der Waals surface area contributed by atoms with Gasteiger partial charge in [0.2, 0.25) is 0 Å². The van der Waals surface area contributed by atoms with Crippen LogP contribution in [0.3, 0.4) is 0 Å². The van der Waals surface area contributed by atoms with Crippen molar-refractivity contribution < 1.29 is 4.79 Å². The van der Waals surface area contributed by atoms with E-state index in [4.69, 9.17) is 0 Å². The minimum Gasteiger partial charge on any atom is -0.351 e. The van der Waals surface area contributed by atoms with Gasteiger partial charge in [-0.25, -0.2) is 0 Å². The molecule has 0 bridgehead atoms. The van der Waals surface area contributed by atoms with Crippen molar-refractivity contribution in [3.8, 4) is 0 Å². The van der Waals surface area contributed by atoms with Crippen LogP contribution in [0.1, 0.15) is 44.5 Å². The van der Waals surface area contributed by atoms with Crippen LogP contribution in [0.5, 0.6) is 0 Å². The van der Waals surface area contributed by atoms with E-state index in [1.165, 1.54) is 0 Å². The number of nitrogens with one attached hydrogen (secondary N) is 2. The SMILES string of the molecule is CCCNCCNC(=O)c1cnn(C(C)(C)C)c1. The predicted molar refractivity (Wildman–Crippen MR) is 72.7 cm³/mol. The second-order valence-electron chi connectivity index (χ2n) is 5.35. The lowest BCUT2D eigenvalue weighted by atomic mass is 10.1. The largest absolute Gasteiger partial charge is 0.351 e. The van der Waals surface area contributed by atoms with E-state index in [9.17, 15) is 4.79 Å². The molecule has 1 rings (SSSR count). The van der Waals surface area contributed by atoms with E-state index in [0.717, 1.165) is 19.5 Å². The van der Waals surface area contributed by atoms with Gasteiger partial charge in [0, 0.05) is 19.3 Å². The molecular weight excluding hydrogens is 228 g/mol. The zero-order chi connectivity index (χ0) is 13.6. The van der Waals surface area contributed by atoms with Crippen molar-refractivity contribution in [2.45, 2.75) is 39.7 Å². The van der Waals surface area contributed by atoms with E-state index in [2.05, 4.69) is 43.4 Å². The van der Waals surface area contributed by atoms with Gasteiger partial charge in [-0.05, 0) is 33.7 Å². The molecule has 5 nitrogen and oxygen atoms in total. The molecule has 1 heterocycles. The Bertz CT molecular complexity index is 379. The van der Waals surface area contributed by atoms with Crippen LogP contribution in [0.2, 0.25) is 0 Å². The summed E-state index contributed by atoms with van der Waals surface area (Å²) in [6, 6.07) is 0. The lowest BCUT2D eigenvalue weighted by Crippen LogP contribution is -2.32. The van der Waals surface area contributed by atoms with Crippen LogP contribution in [0, 0.1) is 0 Å². The minimum absolute atomic E-state index is 0.0659. The van der Waals surface area contributed by atoms with Crippen molar-refractivity contribution in [1.82, 2.24) is 20.4 Å². The lowest BCUT2D eigenvalue weighted by molar-refractivity contribution is 0.0954. The van der Waals surface area contributed by atoms with Gasteiger partial charge in [-0.2, -0.15) is 5.10 Å². The van der Waals surface area contributed by atoms with Gasteiger partial charge in [0.15, 0.2) is 0 Å². The molecule has 102 valence electrons. The fourth-order valence-corrected chi connectivity index (χ4v) is 1.48. The maximum Gasteiger partial charge on any atom is 0.254 e. The summed E-state index contributed by atoms with van der Waals surface area (Å²) in [6.07, 6.45) is 4.50. The molecular formula is C13H24N4O. The molecule has 0 fully saturated rings. The van der Waals surface area contributed by atoms with Crippen molar-refractivity contribution in [2.75, 3.05) is 19.6 Å². The van der Waals surface area contributed by atoms with Gasteiger partial charge in [-0.3, -0.25) is 9.48 Å². The molecule has 0 aliphatic heterocycles. The highest BCUT2D eigenvalue weighted by atomic mass is 16.1. The number of carbonyl (C=O) groups is 1. The number of hydrogen-bond acceptors (Lipinski definition) is 3. The number of rotatable bonds is 6. The topological polar surface area (TPSA) is 58.9 Å². The van der Waals surface area contributed by atoms with Gasteiger partial charge in [-0.1, -0.05) is 6.92 Å². The summed E-state index contributed by atoms with van der Waals surface area (Å²) >= 11 is 0. The van der Waals surface area contributed by atoms with Crippen LogP contribution < -0.4 is 10.6 Å². The Hall–Kier alpha value is -1.36. The summed E-state index contributed by atoms with van der Waals surface area (Å²) in [5, 5.41) is 10.3. The Kier molecular flexibility index (Phi) is 5.34. The van der Waals surface area contributed by atoms with Crippen molar-refractivity contribution in [3.63, 3.8) is 0 Å². The second kappa shape index (κ2) is 6.54. The fraction of sp³-hybridized carbons (Fsp3) is 0.692. The van der Waals surface area contributed by atoms with E-state index in [1.807, 2.05) is 0 Å². The normalized spacial score (nSPS) is 11.6. The van der Waals surface area contributed by atoms with E-state index in [-0.39, 0.29) is 11.4 Å². The first-order valence-corrected chi connectivity index (χ1v) is 6.49. The highest BCUT2D eigenvalue weighted by Gasteiger charge is 2.16. The molecule has 1 amide bonds. The third-order valence-electron chi connectivity index (χ3n) is 2.55. The van der Waals surface area contributed by atoms with E-state index < -0.39 is 0 Å². The standard InChI is InChI=1S/C13H24N4O/c1-5-6-14-7-8-15-12(18)11-9-16-17(10-11)13(2,3)4/h9-10,14H,5-8H2,1-4H3,(H,15,18). The fourth-order valence-electron chi connectivity index (χ4n) is 1.48. The molecule has 2 N–H and O–H groups in total. The van der Waals surface area contributed by atoms with Gasteiger partial charge >= 0.3 is 0 Å². The first kappa shape index (κ1) is 14.7. The predicted octanol–water partition coefficient (Wildman–Crippen LogP) is 1.37. The smallest absolute Gasteiger partial charge is 0.254 e. The Morgan fingerprint density at radius 2 is 2.06 bits per heavy atom. The monoisotopic (exact) mass is 252 g/mol. The number of nitrogens with zero attached hydrogens (tertiary/aromatic N) is 2. The molecule has 0 unspecified atom stereocenters. The van der Waals surface area contributed by atoms with Gasteiger partial charge in [-0.15, -0.1) is 0 Å². The van der Waals surface area contributed by atoms with Gasteiger partial charge in [0.1, 0.15) is 0 Å². The maximum absolute atomic E-state index is 11.8. The average Bonchev–Trinajstić information content (AvgIpc) is 2.77. The van der Waals surface area contributed by atoms with Gasteiger partial charge < -0.3 is 10.6 Å². The summed E-state index contributed by atoms with van der Waals surface area (Å²) in [6.45, 7) is 10.7. The molecule has 0 spiro atoms. The Labute approximate surface area is 109 Å². The van der Waals surface area contributed by atoms with Crippen molar-refractivity contribution in [3.05, 3.63) is 18.0 Å². The molecule has 0 saturated heterocycles. The van der Waals surface area contributed by atoms with Crippen LogP contribution >= 0.6 is 0 Å². The van der Waals surface area contributed by atoms with Crippen molar-refractivity contribution in [1.29, 1.82) is 0 Å². The molecule has 5 heteroatoms. The van der Waals surface area contributed by atoms with Gasteiger partial charge in [0.25, 0.3) is 5.91 Å². The van der Waals surface area contributed by atoms with E-state index in [0.29, 0.717) is 12.1 Å². The minimum atomic E-state index is -0.0960. The van der Waals surface area contributed by atoms with E-state index in [1.54, 1.807) is 17.1 Å². The number of amides is 1. The first-order chi connectivity index (χ1) is 8.45. The zero-order valence-corrected chi connectivity index (χ0v) is 11.8. The Morgan fingerprint density at radius 3 is 2.61 bits per heavy atom. The molecule has 0 aliphatic carbocycles. The number of hydrogen-bond donors (Lipinski definition) is 2. The van der Waals surface area contributed by atoms with Gasteiger partial charge in [0.05, 0.1) is 17.3 Å². The van der Waals surface area contributed by atoms with Crippen LogP contribution in [-0.4, -0.2) is 35.3 Å². The van der Waals surface area contributed by atoms with Crippen molar-refractivity contribution >= 4 is 5.91 Å². The summed E-state index contributed by atoms with van der Waals surface area (Å²) in [5.41, 5.74) is 0.515. The van der Waals surface area contributed by atoms with Crippen LogP contribution in [-0.2, 0) is 5.54 Å². The molecule has 0 aliphatic rings. The molecule has 0 saturated carbocycles. The summed E-state index contributed by atoms with van der Waals surface area (Å²) < 4.78 is 1.80. The Balaban J connectivity index is 2.40. The van der Waals surface area contributed by atoms with Crippen LogP contribution in [0.4, 0.5) is 0 Å². The number of carbonyl (C=O) groups excluding carboxylic acids is 1. The van der Waals surface area contributed by atoms with Crippen molar-refractivity contribution in [2.24, 2.45) is 0 Å². The molecule has 0 radical (unpaired) electrons. The number of aromatic nitrogens is 2. The Morgan fingerprint density at radius 1 is 1.33 bits per heavy atom. The molecule has 1 aromatic heterocycles. The van der Waals surface area contributed by atoms with Crippen LogP contribution in [0.25, 0.3) is 0 Å². The summed E-state index contributed by atoms with van der Waals surface area (Å²) in [7, 11) is 0. The zero-order valence-electron chi connectivity index (χ0n) is 11.8. The third kappa shape index (κ3) is 4.49. The molecule has 0 atom stereocenters. The second-order valence-corrected chi connectivity index (χ2v) is 5.35. The molecule has 18 heavy (non-hydrogen) atoms. The lowest BCUT2D eigenvalue weighted by Gasteiger charge is -2.18. The van der Waals surface area contributed by atoms with Crippen LogP contribution in [0.15, 0.2) is 12.4 Å².